The zero-order valence-corrected chi connectivity index (χ0v) is 28.1. The van der Waals surface area contributed by atoms with Gasteiger partial charge in [-0.15, -0.1) is 11.3 Å². The van der Waals surface area contributed by atoms with Crippen molar-refractivity contribution in [2.45, 2.75) is 6.17 Å². The average Bonchev–Trinajstić information content (AvgIpc) is 3.86. The number of benzene rings is 7. The van der Waals surface area contributed by atoms with Gasteiger partial charge in [-0.05, 0) is 42.5 Å². The summed E-state index contributed by atoms with van der Waals surface area (Å²) in [5.74, 6) is 1.54. The average molecular weight is 673 g/mol. The van der Waals surface area contributed by atoms with Crippen LogP contribution < -0.4 is 5.32 Å². The number of nitrogens with one attached hydrogen (secondary N) is 1. The SMILES string of the molecule is c1ccc(C2=NC(c3ccccc3-n3c4ccccc4c4cc5c(cc43)sc3ccccc35)N=C(c3cccc4oc5ccccc5c34)N2)cc1. The molecule has 0 saturated heterocycles. The van der Waals surface area contributed by atoms with E-state index >= 15 is 0 Å². The quantitative estimate of drug-likeness (QED) is 0.202. The van der Waals surface area contributed by atoms with E-state index in [9.17, 15) is 0 Å². The van der Waals surface area contributed by atoms with Crippen LogP contribution in [0.25, 0.3) is 69.6 Å². The van der Waals surface area contributed by atoms with Gasteiger partial charge in [0.25, 0.3) is 0 Å². The van der Waals surface area contributed by atoms with Crippen LogP contribution in [0.1, 0.15) is 22.9 Å². The highest BCUT2D eigenvalue weighted by Gasteiger charge is 2.26. The van der Waals surface area contributed by atoms with Gasteiger partial charge in [0.1, 0.15) is 22.8 Å². The Morgan fingerprint density at radius 2 is 1.25 bits per heavy atom. The molecule has 0 bridgehead atoms. The highest BCUT2D eigenvalue weighted by Crippen LogP contribution is 2.42. The predicted octanol–water partition coefficient (Wildman–Crippen LogP) is 11.5. The minimum atomic E-state index is -0.509. The largest absolute Gasteiger partial charge is 0.456 e. The number of furan rings is 1. The lowest BCUT2D eigenvalue weighted by Gasteiger charge is -2.24. The molecule has 0 spiro atoms. The van der Waals surface area contributed by atoms with Gasteiger partial charge in [-0.25, -0.2) is 9.98 Å². The van der Waals surface area contributed by atoms with Gasteiger partial charge in [0.05, 0.1) is 16.7 Å². The second-order valence-electron chi connectivity index (χ2n) is 13.0. The lowest BCUT2D eigenvalue weighted by atomic mass is 10.0. The van der Waals surface area contributed by atoms with Crippen molar-refractivity contribution in [3.8, 4) is 5.69 Å². The first-order valence-electron chi connectivity index (χ1n) is 17.1. The number of fused-ring (bicyclic) bond motifs is 9. The van der Waals surface area contributed by atoms with Gasteiger partial charge in [-0.2, -0.15) is 0 Å². The predicted molar refractivity (Wildman–Crippen MR) is 213 cm³/mol. The van der Waals surface area contributed by atoms with Gasteiger partial charge < -0.3 is 14.3 Å². The fraction of sp³-hybridized carbons (Fsp3) is 0.0222. The molecule has 1 aliphatic rings. The zero-order valence-electron chi connectivity index (χ0n) is 27.2. The Hall–Kier alpha value is -6.50. The third-order valence-electron chi connectivity index (χ3n) is 10.1. The third kappa shape index (κ3) is 4.33. The molecule has 0 amide bonds. The van der Waals surface area contributed by atoms with Crippen LogP contribution in [0.15, 0.2) is 172 Å². The van der Waals surface area contributed by atoms with Gasteiger partial charge in [0, 0.05) is 58.4 Å². The van der Waals surface area contributed by atoms with Crippen LogP contribution in [-0.4, -0.2) is 16.2 Å². The second-order valence-corrected chi connectivity index (χ2v) is 14.1. The molecule has 1 atom stereocenters. The molecule has 1 N–H and O–H groups in total. The zero-order chi connectivity index (χ0) is 33.5. The normalized spacial score (nSPS) is 14.9. The van der Waals surface area contributed by atoms with E-state index in [1.165, 1.54) is 36.5 Å². The van der Waals surface area contributed by atoms with Gasteiger partial charge in [-0.1, -0.05) is 115 Å². The van der Waals surface area contributed by atoms with Crippen LogP contribution in [0.5, 0.6) is 0 Å². The molecule has 0 fully saturated rings. The minimum Gasteiger partial charge on any atom is -0.456 e. The first-order valence-corrected chi connectivity index (χ1v) is 17.9. The molecule has 11 rings (SSSR count). The number of rotatable bonds is 4. The minimum absolute atomic E-state index is 0.509. The Bertz CT molecular complexity index is 3070. The van der Waals surface area contributed by atoms with Gasteiger partial charge in [0.15, 0.2) is 6.17 Å². The molecule has 7 aromatic carbocycles. The number of nitrogens with zero attached hydrogens (tertiary/aromatic N) is 3. The van der Waals surface area contributed by atoms with E-state index in [0.29, 0.717) is 0 Å². The molecule has 0 aliphatic carbocycles. The number of aromatic nitrogens is 1. The van der Waals surface area contributed by atoms with E-state index in [1.54, 1.807) is 0 Å². The Labute approximate surface area is 296 Å². The van der Waals surface area contributed by atoms with Crippen molar-refractivity contribution in [3.63, 3.8) is 0 Å². The Morgan fingerprint density at radius 1 is 0.529 bits per heavy atom. The molecule has 51 heavy (non-hydrogen) atoms. The van der Waals surface area contributed by atoms with E-state index in [-0.39, 0.29) is 0 Å². The van der Waals surface area contributed by atoms with E-state index < -0.39 is 6.17 Å². The van der Waals surface area contributed by atoms with Crippen LogP contribution in [0, 0.1) is 0 Å². The summed E-state index contributed by atoms with van der Waals surface area (Å²) in [5, 5.41) is 10.8. The molecular formula is C45H28N4OS. The molecule has 6 heteroatoms. The molecule has 4 heterocycles. The molecule has 1 aliphatic heterocycles. The molecule has 10 aromatic rings. The number of thiophene rings is 1. The van der Waals surface area contributed by atoms with Gasteiger partial charge in [0.2, 0.25) is 0 Å². The highest BCUT2D eigenvalue weighted by atomic mass is 32.1. The molecule has 0 radical (unpaired) electrons. The van der Waals surface area contributed by atoms with Crippen LogP contribution in [-0.2, 0) is 0 Å². The maximum absolute atomic E-state index is 6.29. The Balaban J connectivity index is 1.16. The summed E-state index contributed by atoms with van der Waals surface area (Å²) in [6.45, 7) is 0. The number of para-hydroxylation sites is 3. The van der Waals surface area contributed by atoms with Crippen molar-refractivity contribution in [1.29, 1.82) is 0 Å². The molecule has 1 unspecified atom stereocenters. The van der Waals surface area contributed by atoms with Crippen LogP contribution in [0.4, 0.5) is 0 Å². The van der Waals surface area contributed by atoms with E-state index in [2.05, 4.69) is 125 Å². The Kier molecular flexibility index (Phi) is 6.12. The summed E-state index contributed by atoms with van der Waals surface area (Å²) in [7, 11) is 0. The molecule has 5 nitrogen and oxygen atoms in total. The summed E-state index contributed by atoms with van der Waals surface area (Å²) in [5.41, 5.74) is 8.07. The topological polar surface area (TPSA) is 54.8 Å². The first-order chi connectivity index (χ1) is 25.3. The molecule has 240 valence electrons. The maximum Gasteiger partial charge on any atom is 0.171 e. The second kappa shape index (κ2) is 11.0. The highest BCUT2D eigenvalue weighted by molar-refractivity contribution is 7.25. The first kappa shape index (κ1) is 28.3. The number of aliphatic imine (C=N–C) groups is 2. The fourth-order valence-electron chi connectivity index (χ4n) is 7.80. The van der Waals surface area contributed by atoms with Crippen molar-refractivity contribution in [2.24, 2.45) is 9.98 Å². The summed E-state index contributed by atoms with van der Waals surface area (Å²) >= 11 is 1.85. The standard InChI is InChI=1S/C45H28N4OS/c1-2-13-27(14-3-1)43-46-44(48-45(47-43)32-19-12-23-39-42(32)31-18-6-10-22-38(31)50-39)30-17-5-9-21-36(30)49-35-20-8-4-15-28(35)33-25-34-29-16-7-11-24-40(29)51-41(34)26-37(33)49/h1-26,44H,(H,46,47,48). The summed E-state index contributed by atoms with van der Waals surface area (Å²) in [6.07, 6.45) is -0.509. The van der Waals surface area contributed by atoms with E-state index in [0.717, 1.165) is 61.5 Å². The van der Waals surface area contributed by atoms with Gasteiger partial charge >= 0.3 is 0 Å². The number of amidine groups is 2. The number of hydrogen-bond donors (Lipinski definition) is 1. The lowest BCUT2D eigenvalue weighted by Crippen LogP contribution is -2.36. The fourth-order valence-corrected chi connectivity index (χ4v) is 8.92. The van der Waals surface area contributed by atoms with Crippen LogP contribution in [0.2, 0.25) is 0 Å². The van der Waals surface area contributed by atoms with Crippen molar-refractivity contribution in [3.05, 3.63) is 174 Å². The third-order valence-corrected chi connectivity index (χ3v) is 11.2. The van der Waals surface area contributed by atoms with E-state index in [4.69, 9.17) is 14.4 Å². The van der Waals surface area contributed by atoms with Crippen molar-refractivity contribution >= 4 is 86.9 Å². The monoisotopic (exact) mass is 672 g/mol. The van der Waals surface area contributed by atoms with Crippen molar-refractivity contribution in [2.75, 3.05) is 0 Å². The van der Waals surface area contributed by atoms with Crippen LogP contribution >= 0.6 is 11.3 Å². The number of hydrogen-bond acceptors (Lipinski definition) is 5. The lowest BCUT2D eigenvalue weighted by molar-refractivity contribution is 0.669. The molecular weight excluding hydrogens is 645 g/mol. The van der Waals surface area contributed by atoms with E-state index in [1.807, 2.05) is 53.8 Å². The smallest absolute Gasteiger partial charge is 0.171 e. The van der Waals surface area contributed by atoms with Gasteiger partial charge in [-0.3, -0.25) is 0 Å². The molecule has 3 aromatic heterocycles. The summed E-state index contributed by atoms with van der Waals surface area (Å²) in [4.78, 5) is 10.7. The molecule has 0 saturated carbocycles. The maximum atomic E-state index is 6.29. The van der Waals surface area contributed by atoms with Crippen molar-refractivity contribution < 1.29 is 4.42 Å². The van der Waals surface area contributed by atoms with Crippen molar-refractivity contribution in [1.82, 2.24) is 9.88 Å². The Morgan fingerprint density at radius 3 is 2.18 bits per heavy atom. The summed E-state index contributed by atoms with van der Waals surface area (Å²) < 4.78 is 11.3. The van der Waals surface area contributed by atoms with Crippen LogP contribution in [0.3, 0.4) is 0 Å². The summed E-state index contributed by atoms with van der Waals surface area (Å²) in [6, 6.07) is 55.4.